The summed E-state index contributed by atoms with van der Waals surface area (Å²) in [5.74, 6) is 0. The summed E-state index contributed by atoms with van der Waals surface area (Å²) in [5.41, 5.74) is 8.10. The maximum Gasteiger partial charge on any atom is 0.0154 e. The van der Waals surface area contributed by atoms with Gasteiger partial charge in [0, 0.05) is 9.79 Å². The molecule has 0 unspecified atom stereocenters. The van der Waals surface area contributed by atoms with Crippen molar-refractivity contribution in [3.05, 3.63) is 130 Å². The molecule has 0 amide bonds. The summed E-state index contributed by atoms with van der Waals surface area (Å²) < 4.78 is 0. The highest BCUT2D eigenvalue weighted by atomic mass is 32.2. The topological polar surface area (TPSA) is 0 Å². The normalized spacial score (nSPS) is 10.8. The Morgan fingerprint density at radius 1 is 0.483 bits per heavy atom. The summed E-state index contributed by atoms with van der Waals surface area (Å²) >= 11 is 1.89. The van der Waals surface area contributed by atoms with Gasteiger partial charge in [-0.25, -0.2) is 0 Å². The fourth-order valence-electron chi connectivity index (χ4n) is 3.51. The van der Waals surface area contributed by atoms with Gasteiger partial charge in [0.25, 0.3) is 0 Å². The van der Waals surface area contributed by atoms with Gasteiger partial charge in [-0.2, -0.15) is 0 Å². The predicted octanol–water partition coefficient (Wildman–Crippen LogP) is 7.64. The highest BCUT2D eigenvalue weighted by Gasteiger charge is 2.08. The lowest BCUT2D eigenvalue weighted by Crippen LogP contribution is -1.92. The third kappa shape index (κ3) is 5.19. The van der Waals surface area contributed by atoms with Gasteiger partial charge in [0.15, 0.2) is 0 Å². The molecule has 0 aliphatic rings. The van der Waals surface area contributed by atoms with Crippen molar-refractivity contribution in [3.63, 3.8) is 0 Å². The second kappa shape index (κ2) is 9.15. The molecule has 144 valence electrons. The van der Waals surface area contributed by atoms with Crippen LogP contribution in [0.3, 0.4) is 0 Å². The van der Waals surface area contributed by atoms with Crippen molar-refractivity contribution >= 4 is 11.8 Å². The van der Waals surface area contributed by atoms with Gasteiger partial charge in [0.1, 0.15) is 0 Å². The molecule has 0 heterocycles. The zero-order valence-corrected chi connectivity index (χ0v) is 17.9. The van der Waals surface area contributed by atoms with Crippen LogP contribution in [0.2, 0.25) is 0 Å². The Hall–Kier alpha value is -2.77. The molecule has 4 aromatic rings. The van der Waals surface area contributed by atoms with Crippen LogP contribution in [-0.4, -0.2) is 0 Å². The molecule has 0 saturated carbocycles. The van der Waals surface area contributed by atoms with Crippen LogP contribution in [-0.2, 0) is 12.8 Å². The minimum Gasteiger partial charge on any atom is -0.0895 e. The summed E-state index contributed by atoms with van der Waals surface area (Å²) in [6.45, 7) is 4.41. The molecule has 0 saturated heterocycles. The molecular formula is C28H26S. The minimum atomic E-state index is 0.974. The van der Waals surface area contributed by atoms with Gasteiger partial charge in [-0.15, -0.1) is 0 Å². The van der Waals surface area contributed by atoms with E-state index in [9.17, 15) is 0 Å². The van der Waals surface area contributed by atoms with E-state index in [2.05, 4.69) is 111 Å². The number of benzene rings is 4. The maximum atomic E-state index is 2.36. The van der Waals surface area contributed by atoms with Crippen molar-refractivity contribution in [2.24, 2.45) is 0 Å². The summed E-state index contributed by atoms with van der Waals surface area (Å²) in [5, 5.41) is 0. The zero-order chi connectivity index (χ0) is 20.1. The lowest BCUT2D eigenvalue weighted by molar-refractivity contribution is 1.14. The summed E-state index contributed by atoms with van der Waals surface area (Å²) in [4.78, 5) is 2.69. The van der Waals surface area contributed by atoms with Crippen molar-refractivity contribution in [1.82, 2.24) is 0 Å². The molecule has 4 rings (SSSR count). The molecule has 29 heavy (non-hydrogen) atoms. The lowest BCUT2D eigenvalue weighted by atomic mass is 10.0. The van der Waals surface area contributed by atoms with Crippen LogP contribution >= 0.6 is 11.8 Å². The average molecular weight is 395 g/mol. The molecule has 0 aromatic heterocycles. The van der Waals surface area contributed by atoms with Gasteiger partial charge in [0.2, 0.25) is 0 Å². The smallest absolute Gasteiger partial charge is 0.0154 e. The molecule has 0 radical (unpaired) electrons. The summed E-state index contributed by atoms with van der Waals surface area (Å²) in [6.07, 6.45) is 1.95. The second-order valence-corrected chi connectivity index (χ2v) is 8.71. The van der Waals surface area contributed by atoms with Gasteiger partial charge >= 0.3 is 0 Å². The van der Waals surface area contributed by atoms with Crippen LogP contribution in [0, 0.1) is 13.8 Å². The predicted molar refractivity (Wildman–Crippen MR) is 125 cm³/mol. The molecule has 0 spiro atoms. The molecule has 0 aliphatic carbocycles. The maximum absolute atomic E-state index is 2.36. The van der Waals surface area contributed by atoms with Crippen molar-refractivity contribution in [1.29, 1.82) is 0 Å². The molecule has 0 bridgehead atoms. The largest absolute Gasteiger partial charge is 0.0895 e. The zero-order valence-electron chi connectivity index (χ0n) is 17.1. The Morgan fingerprint density at radius 3 is 1.31 bits per heavy atom. The SMILES string of the molecule is Cc1ccc(Cc2ccccc2)cc1Sc1cc(Cc2ccccc2)ccc1C. The highest BCUT2D eigenvalue weighted by molar-refractivity contribution is 7.99. The van der Waals surface area contributed by atoms with Crippen LogP contribution in [0.25, 0.3) is 0 Å². The van der Waals surface area contributed by atoms with Gasteiger partial charge in [-0.3, -0.25) is 0 Å². The summed E-state index contributed by atoms with van der Waals surface area (Å²) in [7, 11) is 0. The highest BCUT2D eigenvalue weighted by Crippen LogP contribution is 2.34. The molecule has 0 atom stereocenters. The fraction of sp³-hybridized carbons (Fsp3) is 0.143. The van der Waals surface area contributed by atoms with Crippen molar-refractivity contribution in [2.75, 3.05) is 0 Å². The Morgan fingerprint density at radius 2 is 0.897 bits per heavy atom. The fourth-order valence-corrected chi connectivity index (χ4v) is 4.63. The number of rotatable bonds is 6. The van der Waals surface area contributed by atoms with E-state index in [0.717, 1.165) is 12.8 Å². The van der Waals surface area contributed by atoms with E-state index in [-0.39, 0.29) is 0 Å². The Bertz CT molecular complexity index is 993. The number of hydrogen-bond acceptors (Lipinski definition) is 1. The first-order valence-corrected chi connectivity index (χ1v) is 10.9. The monoisotopic (exact) mass is 394 g/mol. The Kier molecular flexibility index (Phi) is 6.17. The van der Waals surface area contributed by atoms with E-state index in [1.807, 2.05) is 11.8 Å². The standard InChI is InChI=1S/C28H26S/c1-21-13-15-25(17-23-9-5-3-6-10-23)19-27(21)29-28-20-26(16-14-22(28)2)18-24-11-7-4-8-12-24/h3-16,19-20H,17-18H2,1-2H3. The van der Waals surface area contributed by atoms with Crippen LogP contribution in [0.15, 0.2) is 107 Å². The van der Waals surface area contributed by atoms with Gasteiger partial charge < -0.3 is 0 Å². The van der Waals surface area contributed by atoms with E-state index in [0.29, 0.717) is 0 Å². The first-order valence-electron chi connectivity index (χ1n) is 10.1. The van der Waals surface area contributed by atoms with Crippen LogP contribution in [0.1, 0.15) is 33.4 Å². The van der Waals surface area contributed by atoms with Gasteiger partial charge in [-0.1, -0.05) is 96.7 Å². The molecule has 4 aromatic carbocycles. The first-order chi connectivity index (χ1) is 14.2. The van der Waals surface area contributed by atoms with E-state index < -0.39 is 0 Å². The average Bonchev–Trinajstić information content (AvgIpc) is 2.74. The van der Waals surface area contributed by atoms with Crippen molar-refractivity contribution in [2.45, 2.75) is 36.5 Å². The van der Waals surface area contributed by atoms with Crippen LogP contribution in [0.5, 0.6) is 0 Å². The van der Waals surface area contributed by atoms with Gasteiger partial charge in [0.05, 0.1) is 0 Å². The molecule has 0 nitrogen and oxygen atoms in total. The number of hydrogen-bond donors (Lipinski definition) is 0. The van der Waals surface area contributed by atoms with Crippen LogP contribution in [0.4, 0.5) is 0 Å². The first kappa shape index (κ1) is 19.5. The Balaban J connectivity index is 1.57. The van der Waals surface area contributed by atoms with Crippen molar-refractivity contribution < 1.29 is 0 Å². The summed E-state index contributed by atoms with van der Waals surface area (Å²) in [6, 6.07) is 35.1. The quantitative estimate of drug-likeness (QED) is 0.324. The third-order valence-corrected chi connectivity index (χ3v) is 6.55. The van der Waals surface area contributed by atoms with Crippen molar-refractivity contribution in [3.8, 4) is 0 Å². The van der Waals surface area contributed by atoms with Gasteiger partial charge in [-0.05, 0) is 72.2 Å². The molecular weight excluding hydrogens is 368 g/mol. The second-order valence-electron chi connectivity index (χ2n) is 7.63. The molecule has 0 N–H and O–H groups in total. The third-order valence-electron chi connectivity index (χ3n) is 5.23. The van der Waals surface area contributed by atoms with E-state index in [1.165, 1.54) is 43.2 Å². The van der Waals surface area contributed by atoms with E-state index in [4.69, 9.17) is 0 Å². The number of aryl methyl sites for hydroxylation is 2. The van der Waals surface area contributed by atoms with E-state index in [1.54, 1.807) is 0 Å². The molecule has 1 heteroatoms. The lowest BCUT2D eigenvalue weighted by Gasteiger charge is -2.12. The van der Waals surface area contributed by atoms with Crippen LogP contribution < -0.4 is 0 Å². The Labute approximate surface area is 178 Å². The molecule has 0 fully saturated rings. The molecule has 0 aliphatic heterocycles. The van der Waals surface area contributed by atoms with E-state index >= 15 is 0 Å². The minimum absolute atomic E-state index is 0.974.